The van der Waals surface area contributed by atoms with Crippen molar-refractivity contribution in [2.75, 3.05) is 6.61 Å². The number of allylic oxidation sites excluding steroid dienone is 2. The van der Waals surface area contributed by atoms with Crippen molar-refractivity contribution in [3.05, 3.63) is 54.1 Å². The van der Waals surface area contributed by atoms with E-state index >= 15 is 0 Å². The number of nitrogens with zero attached hydrogens (tertiary/aromatic N) is 2. The second-order valence-corrected chi connectivity index (χ2v) is 4.14. The molecule has 0 saturated heterocycles. The van der Waals surface area contributed by atoms with Gasteiger partial charge in [0.2, 0.25) is 5.82 Å². The number of rotatable bonds is 3. The van der Waals surface area contributed by atoms with Crippen LogP contribution >= 0.6 is 0 Å². The average molecular weight is 270 g/mol. The van der Waals surface area contributed by atoms with E-state index in [1.807, 2.05) is 6.08 Å². The standard InChI is InChI=1S/C14H10N2O4/c17-14(18)10-4-1-3-9(7-10)12-15-13(20-16-12)11-5-2-6-19-8-11/h1-7H,8H2,(H,17,18). The van der Waals surface area contributed by atoms with E-state index in [1.54, 1.807) is 24.5 Å². The van der Waals surface area contributed by atoms with Crippen LogP contribution in [-0.4, -0.2) is 27.8 Å². The summed E-state index contributed by atoms with van der Waals surface area (Å²) >= 11 is 0. The molecule has 2 heterocycles. The lowest BCUT2D eigenvalue weighted by Gasteiger charge is -2.04. The Hall–Kier alpha value is -2.89. The molecule has 0 saturated carbocycles. The summed E-state index contributed by atoms with van der Waals surface area (Å²) in [5.41, 5.74) is 1.55. The minimum Gasteiger partial charge on any atom is -0.496 e. The quantitative estimate of drug-likeness (QED) is 0.921. The Morgan fingerprint density at radius 3 is 3.00 bits per heavy atom. The van der Waals surface area contributed by atoms with E-state index in [0.29, 0.717) is 23.9 Å². The average Bonchev–Trinajstić information content (AvgIpc) is 2.98. The highest BCUT2D eigenvalue weighted by Gasteiger charge is 2.15. The van der Waals surface area contributed by atoms with Crippen molar-refractivity contribution in [2.45, 2.75) is 0 Å². The third-order valence-corrected chi connectivity index (χ3v) is 2.78. The van der Waals surface area contributed by atoms with Crippen LogP contribution in [0.5, 0.6) is 0 Å². The van der Waals surface area contributed by atoms with Gasteiger partial charge in [-0.05, 0) is 24.3 Å². The van der Waals surface area contributed by atoms with E-state index in [0.717, 1.165) is 5.57 Å². The second-order valence-electron chi connectivity index (χ2n) is 4.14. The minimum atomic E-state index is -0.996. The van der Waals surface area contributed by atoms with Crippen molar-refractivity contribution in [1.82, 2.24) is 10.1 Å². The highest BCUT2D eigenvalue weighted by atomic mass is 16.5. The van der Waals surface area contributed by atoms with Crippen molar-refractivity contribution in [1.29, 1.82) is 0 Å². The molecule has 1 aromatic heterocycles. The fraction of sp³-hybridized carbons (Fsp3) is 0.0714. The summed E-state index contributed by atoms with van der Waals surface area (Å²) in [6.07, 6.45) is 5.15. The summed E-state index contributed by atoms with van der Waals surface area (Å²) in [7, 11) is 0. The molecule has 6 nitrogen and oxygen atoms in total. The third kappa shape index (κ3) is 2.31. The number of carboxylic acids is 1. The number of carboxylic acid groups (broad SMARTS) is 1. The van der Waals surface area contributed by atoms with Gasteiger partial charge in [-0.25, -0.2) is 4.79 Å². The normalized spacial score (nSPS) is 13.7. The number of ether oxygens (including phenoxy) is 1. The maximum atomic E-state index is 10.9. The van der Waals surface area contributed by atoms with Gasteiger partial charge in [0.15, 0.2) is 0 Å². The molecule has 3 rings (SSSR count). The summed E-state index contributed by atoms with van der Waals surface area (Å²) in [6, 6.07) is 6.38. The fourth-order valence-electron chi connectivity index (χ4n) is 1.79. The zero-order chi connectivity index (χ0) is 13.9. The summed E-state index contributed by atoms with van der Waals surface area (Å²) in [5.74, 6) is -0.285. The first-order chi connectivity index (χ1) is 9.74. The van der Waals surface area contributed by atoms with E-state index in [-0.39, 0.29) is 5.56 Å². The van der Waals surface area contributed by atoms with Crippen LogP contribution in [0, 0.1) is 0 Å². The van der Waals surface area contributed by atoms with Gasteiger partial charge in [-0.3, -0.25) is 0 Å². The van der Waals surface area contributed by atoms with Crippen molar-refractivity contribution >= 4 is 11.5 Å². The van der Waals surface area contributed by atoms with Crippen LogP contribution in [0.25, 0.3) is 17.0 Å². The lowest BCUT2D eigenvalue weighted by molar-refractivity contribution is 0.0697. The van der Waals surface area contributed by atoms with E-state index < -0.39 is 5.97 Å². The predicted molar refractivity (Wildman–Crippen MR) is 69.8 cm³/mol. The van der Waals surface area contributed by atoms with Gasteiger partial charge in [0.25, 0.3) is 5.89 Å². The Kier molecular flexibility index (Phi) is 3.04. The molecule has 0 bridgehead atoms. The Morgan fingerprint density at radius 1 is 1.35 bits per heavy atom. The monoisotopic (exact) mass is 270 g/mol. The molecule has 1 N–H and O–H groups in total. The number of aromatic nitrogens is 2. The zero-order valence-electron chi connectivity index (χ0n) is 10.3. The Bertz CT molecular complexity index is 715. The molecule has 0 atom stereocenters. The molecule has 0 spiro atoms. The predicted octanol–water partition coefficient (Wildman–Crippen LogP) is 2.36. The maximum Gasteiger partial charge on any atom is 0.335 e. The van der Waals surface area contributed by atoms with Crippen LogP contribution in [0.3, 0.4) is 0 Å². The molecule has 1 aliphatic rings. The molecule has 0 aliphatic carbocycles. The minimum absolute atomic E-state index is 0.178. The number of aromatic carboxylic acids is 1. The first-order valence-electron chi connectivity index (χ1n) is 5.89. The summed E-state index contributed by atoms with van der Waals surface area (Å²) in [4.78, 5) is 15.2. The van der Waals surface area contributed by atoms with Crippen LogP contribution in [0.4, 0.5) is 0 Å². The van der Waals surface area contributed by atoms with Gasteiger partial charge in [-0.1, -0.05) is 17.3 Å². The molecule has 0 amide bonds. The van der Waals surface area contributed by atoms with Crippen LogP contribution in [-0.2, 0) is 4.74 Å². The first kappa shape index (κ1) is 12.2. The highest BCUT2D eigenvalue weighted by Crippen LogP contribution is 2.21. The van der Waals surface area contributed by atoms with Crippen molar-refractivity contribution < 1.29 is 19.2 Å². The molecule has 6 heteroatoms. The molecule has 1 aromatic carbocycles. The third-order valence-electron chi connectivity index (χ3n) is 2.78. The molecule has 0 unspecified atom stereocenters. The smallest absolute Gasteiger partial charge is 0.335 e. The van der Waals surface area contributed by atoms with Crippen LogP contribution < -0.4 is 0 Å². The van der Waals surface area contributed by atoms with Crippen LogP contribution in [0.1, 0.15) is 16.2 Å². The highest BCUT2D eigenvalue weighted by molar-refractivity contribution is 5.89. The lowest BCUT2D eigenvalue weighted by Crippen LogP contribution is -1.97. The Balaban J connectivity index is 1.94. The van der Waals surface area contributed by atoms with E-state index in [4.69, 9.17) is 14.4 Å². The van der Waals surface area contributed by atoms with Gasteiger partial charge in [0.05, 0.1) is 17.4 Å². The van der Waals surface area contributed by atoms with E-state index in [9.17, 15) is 4.79 Å². The van der Waals surface area contributed by atoms with Crippen LogP contribution in [0.15, 0.2) is 47.2 Å². The zero-order valence-corrected chi connectivity index (χ0v) is 10.3. The largest absolute Gasteiger partial charge is 0.496 e. The number of hydrogen-bond donors (Lipinski definition) is 1. The van der Waals surface area contributed by atoms with Gasteiger partial charge in [-0.15, -0.1) is 0 Å². The molecule has 0 radical (unpaired) electrons. The SMILES string of the molecule is O=C(O)c1cccc(-c2noc(C3=CC=COC3)n2)c1. The summed E-state index contributed by atoms with van der Waals surface area (Å²) in [6.45, 7) is 0.368. The topological polar surface area (TPSA) is 85.5 Å². The molecular weight excluding hydrogens is 260 g/mol. The van der Waals surface area contributed by atoms with Gasteiger partial charge < -0.3 is 14.4 Å². The van der Waals surface area contributed by atoms with Crippen molar-refractivity contribution in [3.8, 4) is 11.4 Å². The molecule has 1 aliphatic heterocycles. The van der Waals surface area contributed by atoms with Gasteiger partial charge in [0.1, 0.15) is 6.61 Å². The maximum absolute atomic E-state index is 10.9. The molecule has 20 heavy (non-hydrogen) atoms. The Labute approximate surface area is 114 Å². The first-order valence-corrected chi connectivity index (χ1v) is 5.89. The molecule has 100 valence electrons. The van der Waals surface area contributed by atoms with Gasteiger partial charge in [0, 0.05) is 5.56 Å². The second kappa shape index (κ2) is 5.00. The van der Waals surface area contributed by atoms with E-state index in [2.05, 4.69) is 10.1 Å². The molecule has 2 aromatic rings. The van der Waals surface area contributed by atoms with Crippen LogP contribution in [0.2, 0.25) is 0 Å². The van der Waals surface area contributed by atoms with Crippen molar-refractivity contribution in [2.24, 2.45) is 0 Å². The number of hydrogen-bond acceptors (Lipinski definition) is 5. The van der Waals surface area contributed by atoms with Gasteiger partial charge >= 0.3 is 5.97 Å². The lowest BCUT2D eigenvalue weighted by atomic mass is 10.1. The van der Waals surface area contributed by atoms with Crippen molar-refractivity contribution in [3.63, 3.8) is 0 Å². The number of carbonyl (C=O) groups is 1. The number of benzene rings is 1. The molecule has 0 fully saturated rings. The van der Waals surface area contributed by atoms with Gasteiger partial charge in [-0.2, -0.15) is 4.98 Å². The molecular formula is C14H10N2O4. The summed E-state index contributed by atoms with van der Waals surface area (Å²) in [5, 5.41) is 12.8. The fourth-order valence-corrected chi connectivity index (χ4v) is 1.79. The Morgan fingerprint density at radius 2 is 2.25 bits per heavy atom. The summed E-state index contributed by atoms with van der Waals surface area (Å²) < 4.78 is 10.3. The van der Waals surface area contributed by atoms with E-state index in [1.165, 1.54) is 12.1 Å².